The summed E-state index contributed by atoms with van der Waals surface area (Å²) in [6.45, 7) is 0. The van der Waals surface area contributed by atoms with Crippen molar-refractivity contribution in [2.45, 2.75) is 0 Å². The van der Waals surface area contributed by atoms with Gasteiger partial charge < -0.3 is 9.13 Å². The summed E-state index contributed by atoms with van der Waals surface area (Å²) in [5, 5.41) is 15.4. The Bertz CT molecular complexity index is 3280. The summed E-state index contributed by atoms with van der Waals surface area (Å²) in [5.41, 5.74) is 12.9. The minimum atomic E-state index is 0.441. The van der Waals surface area contributed by atoms with Crippen molar-refractivity contribution in [1.82, 2.24) is 19.1 Å². The average Bonchev–Trinajstić information content (AvgIpc) is 3.82. The number of aromatic nitrogens is 4. The van der Waals surface area contributed by atoms with Gasteiger partial charge in [-0.1, -0.05) is 152 Å². The number of hydrogen-bond donors (Lipinski definition) is 0. The Balaban J connectivity index is 1.21. The molecular weight excluding hydrogens is 707 g/mol. The topological polar surface area (TPSA) is 59.4 Å². The van der Waals surface area contributed by atoms with E-state index >= 15 is 0 Å². The molecule has 0 unspecified atom stereocenters. The Morgan fingerprint density at radius 3 is 1.40 bits per heavy atom. The first-order valence-electron chi connectivity index (χ1n) is 19.4. The molecule has 3 aromatic heterocycles. The highest BCUT2D eigenvalue weighted by Crippen LogP contribution is 2.41. The van der Waals surface area contributed by atoms with Gasteiger partial charge in [-0.25, -0.2) is 9.97 Å². The molecule has 5 nitrogen and oxygen atoms in total. The zero-order chi connectivity index (χ0) is 38.6. The molecule has 58 heavy (non-hydrogen) atoms. The number of hydrogen-bond acceptors (Lipinski definition) is 3. The molecule has 5 heteroatoms. The minimum absolute atomic E-state index is 0.441. The first kappa shape index (κ1) is 33.3. The predicted octanol–water partition coefficient (Wildman–Crippen LogP) is 13.2. The van der Waals surface area contributed by atoms with E-state index in [2.05, 4.69) is 149 Å². The first-order valence-corrected chi connectivity index (χ1v) is 19.4. The van der Waals surface area contributed by atoms with Crippen LogP contribution in [0, 0.1) is 11.3 Å². The molecule has 8 aromatic carbocycles. The van der Waals surface area contributed by atoms with Gasteiger partial charge in [-0.05, 0) is 59.7 Å². The average molecular weight is 740 g/mol. The van der Waals surface area contributed by atoms with E-state index in [0.29, 0.717) is 22.8 Å². The van der Waals surface area contributed by atoms with Crippen LogP contribution in [-0.4, -0.2) is 19.1 Å². The van der Waals surface area contributed by atoms with Gasteiger partial charge in [0.15, 0.2) is 5.82 Å². The van der Waals surface area contributed by atoms with Crippen LogP contribution >= 0.6 is 0 Å². The smallest absolute Gasteiger partial charge is 0.162 e. The summed E-state index contributed by atoms with van der Waals surface area (Å²) in [7, 11) is 0. The molecule has 0 bridgehead atoms. The molecule has 0 saturated carbocycles. The Morgan fingerprint density at radius 1 is 0.379 bits per heavy atom. The van der Waals surface area contributed by atoms with E-state index in [1.807, 2.05) is 66.7 Å². The number of para-hydroxylation sites is 3. The molecule has 0 aliphatic carbocycles. The summed E-state index contributed by atoms with van der Waals surface area (Å²) < 4.78 is 4.72. The zero-order valence-corrected chi connectivity index (χ0v) is 31.3. The van der Waals surface area contributed by atoms with Crippen molar-refractivity contribution < 1.29 is 0 Å². The van der Waals surface area contributed by atoms with Crippen molar-refractivity contribution in [3.8, 4) is 62.5 Å². The van der Waals surface area contributed by atoms with Gasteiger partial charge in [0, 0.05) is 43.9 Å². The molecule has 0 aliphatic heterocycles. The standard InChI is InChI=1S/C53H33N5/c54-34-45-51(36-18-6-2-7-19-36)55-53(56-52(45)37-20-8-3-9-21-37)44-32-38(35-16-4-1-5-17-35)28-30-50(44)58-48-27-15-12-24-42(48)43-33-39(29-31-49(43)58)57-46-25-13-10-22-40(46)41-23-11-14-26-47(41)57/h1-33H. The van der Waals surface area contributed by atoms with Crippen molar-refractivity contribution in [1.29, 1.82) is 5.26 Å². The number of rotatable bonds is 6. The van der Waals surface area contributed by atoms with Crippen molar-refractivity contribution >= 4 is 43.6 Å². The highest BCUT2D eigenvalue weighted by molar-refractivity contribution is 6.12. The van der Waals surface area contributed by atoms with E-state index < -0.39 is 0 Å². The van der Waals surface area contributed by atoms with E-state index in [4.69, 9.17) is 9.97 Å². The fourth-order valence-electron chi connectivity index (χ4n) is 8.58. The molecular formula is C53H33N5. The molecule has 270 valence electrons. The maximum Gasteiger partial charge on any atom is 0.162 e. The third-order valence-corrected chi connectivity index (χ3v) is 11.2. The third kappa shape index (κ3) is 5.31. The lowest BCUT2D eigenvalue weighted by atomic mass is 9.98. The highest BCUT2D eigenvalue weighted by atomic mass is 15.0. The lowest BCUT2D eigenvalue weighted by Crippen LogP contribution is -2.04. The normalized spacial score (nSPS) is 11.4. The second-order valence-electron chi connectivity index (χ2n) is 14.5. The Morgan fingerprint density at radius 2 is 0.845 bits per heavy atom. The summed E-state index contributed by atoms with van der Waals surface area (Å²) in [6, 6.07) is 72.0. The molecule has 0 atom stereocenters. The molecule has 3 heterocycles. The third-order valence-electron chi connectivity index (χ3n) is 11.2. The fraction of sp³-hybridized carbons (Fsp3) is 0. The molecule has 11 rings (SSSR count). The van der Waals surface area contributed by atoms with Crippen LogP contribution in [-0.2, 0) is 0 Å². The quantitative estimate of drug-likeness (QED) is 0.171. The lowest BCUT2D eigenvalue weighted by molar-refractivity contribution is 1.13. The van der Waals surface area contributed by atoms with Crippen molar-refractivity contribution in [2.24, 2.45) is 0 Å². The van der Waals surface area contributed by atoms with Gasteiger partial charge in [-0.3, -0.25) is 0 Å². The zero-order valence-electron chi connectivity index (χ0n) is 31.3. The lowest BCUT2D eigenvalue weighted by Gasteiger charge is -2.17. The first-order chi connectivity index (χ1) is 28.7. The van der Waals surface area contributed by atoms with Crippen molar-refractivity contribution in [3.05, 3.63) is 206 Å². The molecule has 0 amide bonds. The highest BCUT2D eigenvalue weighted by Gasteiger charge is 2.23. The van der Waals surface area contributed by atoms with Gasteiger partial charge in [0.05, 0.1) is 39.1 Å². The number of nitrogens with zero attached hydrogens (tertiary/aromatic N) is 5. The van der Waals surface area contributed by atoms with Gasteiger partial charge >= 0.3 is 0 Å². The monoisotopic (exact) mass is 739 g/mol. The van der Waals surface area contributed by atoms with E-state index in [1.54, 1.807) is 0 Å². The van der Waals surface area contributed by atoms with Crippen molar-refractivity contribution in [3.63, 3.8) is 0 Å². The van der Waals surface area contributed by atoms with Gasteiger partial charge in [0.2, 0.25) is 0 Å². The second kappa shape index (κ2) is 13.6. The second-order valence-corrected chi connectivity index (χ2v) is 14.5. The van der Waals surface area contributed by atoms with Crippen LogP contribution in [0.25, 0.3) is 100 Å². The van der Waals surface area contributed by atoms with Gasteiger partial charge in [-0.15, -0.1) is 0 Å². The van der Waals surface area contributed by atoms with Crippen LogP contribution in [0.15, 0.2) is 200 Å². The maximum atomic E-state index is 10.7. The summed E-state index contributed by atoms with van der Waals surface area (Å²) in [5.74, 6) is 0.539. The largest absolute Gasteiger partial charge is 0.309 e. The molecule has 0 N–H and O–H groups in total. The van der Waals surface area contributed by atoms with Gasteiger partial charge in [0.25, 0.3) is 0 Å². The van der Waals surface area contributed by atoms with Crippen LogP contribution < -0.4 is 0 Å². The summed E-state index contributed by atoms with van der Waals surface area (Å²) in [6.07, 6.45) is 0. The van der Waals surface area contributed by atoms with E-state index in [1.165, 1.54) is 21.8 Å². The Labute approximate surface area is 335 Å². The van der Waals surface area contributed by atoms with E-state index in [0.717, 1.165) is 61.0 Å². The molecule has 0 spiro atoms. The fourth-order valence-corrected chi connectivity index (χ4v) is 8.58. The van der Waals surface area contributed by atoms with E-state index in [9.17, 15) is 5.26 Å². The summed E-state index contributed by atoms with van der Waals surface area (Å²) >= 11 is 0. The van der Waals surface area contributed by atoms with Crippen LogP contribution in [0.5, 0.6) is 0 Å². The number of benzene rings is 8. The van der Waals surface area contributed by atoms with Crippen LogP contribution in [0.1, 0.15) is 5.56 Å². The van der Waals surface area contributed by atoms with E-state index in [-0.39, 0.29) is 0 Å². The SMILES string of the molecule is N#Cc1c(-c2ccccc2)nc(-c2cc(-c3ccccc3)ccc2-n2c3ccccc3c3cc(-n4c5ccccc5c5ccccc54)ccc32)nc1-c1ccccc1. The van der Waals surface area contributed by atoms with Crippen LogP contribution in [0.2, 0.25) is 0 Å². The molecule has 0 radical (unpaired) electrons. The van der Waals surface area contributed by atoms with Crippen LogP contribution in [0.4, 0.5) is 0 Å². The summed E-state index contributed by atoms with van der Waals surface area (Å²) in [4.78, 5) is 10.6. The molecule has 0 fully saturated rings. The molecule has 0 aliphatic rings. The number of nitriles is 1. The Kier molecular flexibility index (Phi) is 7.80. The maximum absolute atomic E-state index is 10.7. The predicted molar refractivity (Wildman–Crippen MR) is 237 cm³/mol. The minimum Gasteiger partial charge on any atom is -0.309 e. The Hall–Kier alpha value is -8.07. The van der Waals surface area contributed by atoms with Gasteiger partial charge in [0.1, 0.15) is 11.6 Å². The van der Waals surface area contributed by atoms with Crippen LogP contribution in [0.3, 0.4) is 0 Å². The van der Waals surface area contributed by atoms with Crippen molar-refractivity contribution in [2.75, 3.05) is 0 Å². The number of fused-ring (bicyclic) bond motifs is 6. The molecule has 0 saturated heterocycles. The molecule has 11 aromatic rings. The van der Waals surface area contributed by atoms with Gasteiger partial charge in [-0.2, -0.15) is 5.26 Å².